The van der Waals surface area contributed by atoms with Crippen LogP contribution in [-0.2, 0) is 9.53 Å². The molecule has 2 aromatic carbocycles. The summed E-state index contributed by atoms with van der Waals surface area (Å²) in [5.41, 5.74) is 1.16. The molecule has 4 heteroatoms. The van der Waals surface area contributed by atoms with Crippen LogP contribution >= 0.6 is 0 Å². The SMILES string of the molecule is COC(=O)c1ccc(NC=O)c2ccccc12. The van der Waals surface area contributed by atoms with Gasteiger partial charge in [-0.3, -0.25) is 4.79 Å². The van der Waals surface area contributed by atoms with E-state index in [1.165, 1.54) is 7.11 Å². The van der Waals surface area contributed by atoms with Crippen molar-refractivity contribution in [3.63, 3.8) is 0 Å². The molecule has 0 heterocycles. The molecule has 0 bridgehead atoms. The van der Waals surface area contributed by atoms with Crippen LogP contribution in [-0.4, -0.2) is 19.5 Å². The number of methoxy groups -OCH3 is 1. The van der Waals surface area contributed by atoms with Gasteiger partial charge in [0.2, 0.25) is 6.41 Å². The normalized spacial score (nSPS) is 9.94. The first kappa shape index (κ1) is 11.1. The van der Waals surface area contributed by atoms with Gasteiger partial charge in [-0.2, -0.15) is 0 Å². The maximum atomic E-state index is 11.6. The third-order valence-corrected chi connectivity index (χ3v) is 2.54. The maximum Gasteiger partial charge on any atom is 0.338 e. The van der Waals surface area contributed by atoms with Crippen molar-refractivity contribution in [1.82, 2.24) is 0 Å². The fourth-order valence-electron chi connectivity index (χ4n) is 1.78. The Bertz CT molecular complexity index is 578. The quantitative estimate of drug-likeness (QED) is 0.648. The van der Waals surface area contributed by atoms with E-state index in [4.69, 9.17) is 4.74 Å². The van der Waals surface area contributed by atoms with Crippen molar-refractivity contribution in [2.24, 2.45) is 0 Å². The van der Waals surface area contributed by atoms with Gasteiger partial charge in [0.15, 0.2) is 0 Å². The van der Waals surface area contributed by atoms with Crippen LogP contribution < -0.4 is 5.32 Å². The number of esters is 1. The van der Waals surface area contributed by atoms with Crippen molar-refractivity contribution in [3.05, 3.63) is 42.0 Å². The topological polar surface area (TPSA) is 55.4 Å². The number of ether oxygens (including phenoxy) is 1. The minimum atomic E-state index is -0.390. The van der Waals surface area contributed by atoms with Crippen LogP contribution in [0.5, 0.6) is 0 Å². The summed E-state index contributed by atoms with van der Waals surface area (Å²) in [7, 11) is 1.34. The Morgan fingerprint density at radius 1 is 1.18 bits per heavy atom. The second kappa shape index (κ2) is 4.65. The van der Waals surface area contributed by atoms with Gasteiger partial charge < -0.3 is 10.1 Å². The first-order valence-corrected chi connectivity index (χ1v) is 5.08. The molecule has 0 saturated carbocycles. The molecule has 0 atom stereocenters. The molecule has 0 aromatic heterocycles. The third kappa shape index (κ3) is 1.97. The van der Waals surface area contributed by atoms with Crippen molar-refractivity contribution < 1.29 is 14.3 Å². The van der Waals surface area contributed by atoms with Crippen LogP contribution in [0.3, 0.4) is 0 Å². The summed E-state index contributed by atoms with van der Waals surface area (Å²) in [5, 5.41) is 4.17. The Kier molecular flexibility index (Phi) is 3.05. The fourth-order valence-corrected chi connectivity index (χ4v) is 1.78. The Labute approximate surface area is 98.2 Å². The average molecular weight is 229 g/mol. The summed E-state index contributed by atoms with van der Waals surface area (Å²) in [6.07, 6.45) is 0.611. The van der Waals surface area contributed by atoms with Crippen molar-refractivity contribution in [3.8, 4) is 0 Å². The monoisotopic (exact) mass is 229 g/mol. The van der Waals surface area contributed by atoms with Crippen LogP contribution in [0.4, 0.5) is 5.69 Å². The molecule has 1 N–H and O–H groups in total. The van der Waals surface area contributed by atoms with E-state index in [0.29, 0.717) is 17.7 Å². The smallest absolute Gasteiger partial charge is 0.338 e. The highest BCUT2D eigenvalue weighted by molar-refractivity contribution is 6.09. The second-order valence-electron chi connectivity index (χ2n) is 3.46. The number of rotatable bonds is 3. The maximum absolute atomic E-state index is 11.6. The van der Waals surface area contributed by atoms with Gasteiger partial charge in [-0.15, -0.1) is 0 Å². The number of carbonyl (C=O) groups excluding carboxylic acids is 2. The minimum Gasteiger partial charge on any atom is -0.465 e. The number of nitrogens with one attached hydrogen (secondary N) is 1. The fraction of sp³-hybridized carbons (Fsp3) is 0.0769. The highest BCUT2D eigenvalue weighted by atomic mass is 16.5. The van der Waals surface area contributed by atoms with Gasteiger partial charge in [0.25, 0.3) is 0 Å². The van der Waals surface area contributed by atoms with Gasteiger partial charge in [0.1, 0.15) is 0 Å². The summed E-state index contributed by atoms with van der Waals surface area (Å²) < 4.78 is 4.72. The molecular formula is C13H11NO3. The lowest BCUT2D eigenvalue weighted by molar-refractivity contribution is -0.105. The molecule has 4 nitrogen and oxygen atoms in total. The zero-order valence-electron chi connectivity index (χ0n) is 9.27. The van der Waals surface area contributed by atoms with E-state index in [2.05, 4.69) is 5.32 Å². The molecule has 0 saturated heterocycles. The van der Waals surface area contributed by atoms with Crippen molar-refractivity contribution in [1.29, 1.82) is 0 Å². The first-order valence-electron chi connectivity index (χ1n) is 5.08. The van der Waals surface area contributed by atoms with Crippen LogP contribution in [0.1, 0.15) is 10.4 Å². The molecule has 0 spiro atoms. The molecule has 0 fully saturated rings. The number of benzene rings is 2. The highest BCUT2D eigenvalue weighted by Crippen LogP contribution is 2.26. The molecule has 0 aliphatic rings. The molecule has 17 heavy (non-hydrogen) atoms. The van der Waals surface area contributed by atoms with Gasteiger partial charge in [0, 0.05) is 11.1 Å². The lowest BCUT2D eigenvalue weighted by Crippen LogP contribution is -2.03. The second-order valence-corrected chi connectivity index (χ2v) is 3.46. The van der Waals surface area contributed by atoms with Gasteiger partial charge in [-0.25, -0.2) is 4.79 Å². The molecule has 0 radical (unpaired) electrons. The zero-order valence-corrected chi connectivity index (χ0v) is 9.27. The summed E-state index contributed by atoms with van der Waals surface area (Å²) in [5.74, 6) is -0.390. The van der Waals surface area contributed by atoms with Crippen LogP contribution in [0.2, 0.25) is 0 Å². The average Bonchev–Trinajstić information content (AvgIpc) is 2.38. The summed E-state index contributed by atoms with van der Waals surface area (Å²) in [6, 6.07) is 10.7. The number of carbonyl (C=O) groups is 2. The molecule has 2 aromatic rings. The van der Waals surface area contributed by atoms with Gasteiger partial charge in [0.05, 0.1) is 12.7 Å². The predicted molar refractivity (Wildman–Crippen MR) is 65.0 cm³/mol. The van der Waals surface area contributed by atoms with Crippen LogP contribution in [0.25, 0.3) is 10.8 Å². The standard InChI is InChI=1S/C13H11NO3/c1-17-13(16)11-6-7-12(14-8-15)10-5-3-2-4-9(10)11/h2-8H,1H3,(H,14,15). The zero-order chi connectivity index (χ0) is 12.3. The molecule has 1 amide bonds. The largest absolute Gasteiger partial charge is 0.465 e. The van der Waals surface area contributed by atoms with Crippen molar-refractivity contribution in [2.75, 3.05) is 12.4 Å². The molecule has 0 aliphatic heterocycles. The van der Waals surface area contributed by atoms with E-state index in [9.17, 15) is 9.59 Å². The lowest BCUT2D eigenvalue weighted by atomic mass is 10.0. The van der Waals surface area contributed by atoms with E-state index in [-0.39, 0.29) is 5.97 Å². The van der Waals surface area contributed by atoms with E-state index < -0.39 is 0 Å². The lowest BCUT2D eigenvalue weighted by Gasteiger charge is -2.08. The number of amides is 1. The Balaban J connectivity index is 2.70. The number of anilines is 1. The Morgan fingerprint density at radius 2 is 1.88 bits per heavy atom. The molecule has 0 aliphatic carbocycles. The molecule has 86 valence electrons. The highest BCUT2D eigenvalue weighted by Gasteiger charge is 2.11. The van der Waals surface area contributed by atoms with E-state index in [1.807, 2.05) is 24.3 Å². The summed E-state index contributed by atoms with van der Waals surface area (Å²) >= 11 is 0. The number of hydrogen-bond acceptors (Lipinski definition) is 3. The number of fused-ring (bicyclic) bond motifs is 1. The summed E-state index contributed by atoms with van der Waals surface area (Å²) in [6.45, 7) is 0. The van der Waals surface area contributed by atoms with Crippen LogP contribution in [0.15, 0.2) is 36.4 Å². The minimum absolute atomic E-state index is 0.390. The Morgan fingerprint density at radius 3 is 2.53 bits per heavy atom. The van der Waals surface area contributed by atoms with Gasteiger partial charge >= 0.3 is 5.97 Å². The van der Waals surface area contributed by atoms with Gasteiger partial charge in [-0.05, 0) is 17.5 Å². The van der Waals surface area contributed by atoms with Gasteiger partial charge in [-0.1, -0.05) is 24.3 Å². The molecule has 2 rings (SSSR count). The summed E-state index contributed by atoms with van der Waals surface area (Å²) in [4.78, 5) is 22.1. The van der Waals surface area contributed by atoms with Crippen molar-refractivity contribution >= 4 is 28.8 Å². The number of hydrogen-bond donors (Lipinski definition) is 1. The van der Waals surface area contributed by atoms with E-state index >= 15 is 0 Å². The molecular weight excluding hydrogens is 218 g/mol. The first-order chi connectivity index (χ1) is 8.27. The van der Waals surface area contributed by atoms with Crippen molar-refractivity contribution in [2.45, 2.75) is 0 Å². The van der Waals surface area contributed by atoms with E-state index in [0.717, 1.165) is 10.8 Å². The Hall–Kier alpha value is -2.36. The van der Waals surface area contributed by atoms with Crippen LogP contribution in [0, 0.1) is 0 Å². The predicted octanol–water partition coefficient (Wildman–Crippen LogP) is 2.19. The van der Waals surface area contributed by atoms with E-state index in [1.54, 1.807) is 12.1 Å². The molecule has 0 unspecified atom stereocenters. The third-order valence-electron chi connectivity index (χ3n) is 2.54.